The van der Waals surface area contributed by atoms with Crippen LogP contribution < -0.4 is 5.73 Å². The van der Waals surface area contributed by atoms with Crippen LogP contribution in [0.3, 0.4) is 0 Å². The minimum absolute atomic E-state index is 0.00169. The normalized spacial score (nSPS) is 24.6. The van der Waals surface area contributed by atoms with Crippen LogP contribution in [0.2, 0.25) is 5.02 Å². The second kappa shape index (κ2) is 8.07. The molecule has 0 aromatic heterocycles. The van der Waals surface area contributed by atoms with E-state index in [2.05, 4.69) is 6.92 Å². The number of carbonyl (C=O) groups is 1. The molecule has 25 heavy (non-hydrogen) atoms. The highest BCUT2D eigenvalue weighted by molar-refractivity contribution is 6.31. The lowest BCUT2D eigenvalue weighted by Crippen LogP contribution is -2.76. The molecule has 0 saturated heterocycles. The van der Waals surface area contributed by atoms with Crippen molar-refractivity contribution in [3.05, 3.63) is 34.9 Å². The van der Waals surface area contributed by atoms with E-state index < -0.39 is 5.54 Å². The first-order valence-corrected chi connectivity index (χ1v) is 9.59. The van der Waals surface area contributed by atoms with Gasteiger partial charge in [0.1, 0.15) is 5.54 Å². The summed E-state index contributed by atoms with van der Waals surface area (Å²) < 4.78 is 5.77. The number of carbonyl (C=O) groups excluding carboxylic acids is 1. The maximum Gasteiger partial charge on any atom is 0.243 e. The maximum absolute atomic E-state index is 13.3. The first kappa shape index (κ1) is 20.2. The van der Waals surface area contributed by atoms with Crippen LogP contribution in [0.15, 0.2) is 24.3 Å². The summed E-state index contributed by atoms with van der Waals surface area (Å²) in [5.41, 5.74) is 6.29. The van der Waals surface area contributed by atoms with Crippen molar-refractivity contribution in [3.8, 4) is 0 Å². The van der Waals surface area contributed by atoms with Gasteiger partial charge in [-0.05, 0) is 25.0 Å². The van der Waals surface area contributed by atoms with Crippen molar-refractivity contribution in [2.45, 2.75) is 65.1 Å². The molecule has 1 saturated carbocycles. The summed E-state index contributed by atoms with van der Waals surface area (Å²) in [6, 6.07) is 7.67. The van der Waals surface area contributed by atoms with Crippen molar-refractivity contribution < 1.29 is 9.53 Å². The number of benzene rings is 1. The number of nitrogens with zero attached hydrogens (tertiary/aromatic N) is 1. The van der Waals surface area contributed by atoms with Crippen molar-refractivity contribution in [1.29, 1.82) is 0 Å². The topological polar surface area (TPSA) is 55.6 Å². The molecule has 1 aliphatic carbocycles. The molecule has 4 nitrogen and oxygen atoms in total. The molecule has 0 bridgehead atoms. The van der Waals surface area contributed by atoms with Crippen LogP contribution >= 0.6 is 11.6 Å². The molecule has 0 aliphatic heterocycles. The second-order valence-electron chi connectivity index (χ2n) is 7.51. The van der Waals surface area contributed by atoms with Crippen LogP contribution in [0, 0.1) is 5.41 Å². The molecule has 1 fully saturated rings. The Labute approximate surface area is 156 Å². The van der Waals surface area contributed by atoms with Gasteiger partial charge in [0.05, 0.1) is 6.10 Å². The molecule has 1 aromatic carbocycles. The molecule has 2 atom stereocenters. The Morgan fingerprint density at radius 3 is 2.60 bits per heavy atom. The van der Waals surface area contributed by atoms with Gasteiger partial charge in [-0.25, -0.2) is 0 Å². The van der Waals surface area contributed by atoms with E-state index >= 15 is 0 Å². The number of rotatable bonds is 8. The fourth-order valence-electron chi connectivity index (χ4n) is 3.51. The average Bonchev–Trinajstić information content (AvgIpc) is 2.59. The van der Waals surface area contributed by atoms with Crippen molar-refractivity contribution >= 4 is 17.5 Å². The number of halogens is 1. The molecule has 1 aromatic rings. The highest BCUT2D eigenvalue weighted by atomic mass is 35.5. The fourth-order valence-corrected chi connectivity index (χ4v) is 3.71. The van der Waals surface area contributed by atoms with Gasteiger partial charge in [-0.2, -0.15) is 0 Å². The average molecular weight is 367 g/mol. The lowest BCUT2D eigenvalue weighted by molar-refractivity contribution is -0.179. The lowest BCUT2D eigenvalue weighted by atomic mass is 9.54. The smallest absolute Gasteiger partial charge is 0.243 e. The van der Waals surface area contributed by atoms with E-state index in [0.717, 1.165) is 18.4 Å². The van der Waals surface area contributed by atoms with Crippen LogP contribution in [0.25, 0.3) is 0 Å². The highest BCUT2D eigenvalue weighted by Crippen LogP contribution is 2.50. The van der Waals surface area contributed by atoms with Gasteiger partial charge in [0.25, 0.3) is 0 Å². The van der Waals surface area contributed by atoms with Crippen LogP contribution in [0.5, 0.6) is 0 Å². The van der Waals surface area contributed by atoms with Gasteiger partial charge in [0.2, 0.25) is 5.91 Å². The second-order valence-corrected chi connectivity index (χ2v) is 7.92. The molecule has 2 rings (SSSR count). The Morgan fingerprint density at radius 2 is 2.04 bits per heavy atom. The SMILES string of the molecule is CCCCN(Cc1ccccc1Cl)C(=O)C1(N)CC(OCC)C1(C)C. The molecule has 2 unspecified atom stereocenters. The number of hydrogen-bond donors (Lipinski definition) is 1. The minimum Gasteiger partial charge on any atom is -0.378 e. The van der Waals surface area contributed by atoms with E-state index in [-0.39, 0.29) is 17.4 Å². The summed E-state index contributed by atoms with van der Waals surface area (Å²) in [5, 5.41) is 0.683. The zero-order valence-corrected chi connectivity index (χ0v) is 16.6. The van der Waals surface area contributed by atoms with E-state index in [1.54, 1.807) is 0 Å². The first-order chi connectivity index (χ1) is 11.8. The number of hydrogen-bond acceptors (Lipinski definition) is 3. The van der Waals surface area contributed by atoms with Gasteiger partial charge >= 0.3 is 0 Å². The monoisotopic (exact) mass is 366 g/mol. The van der Waals surface area contributed by atoms with Crippen molar-refractivity contribution in [1.82, 2.24) is 4.90 Å². The minimum atomic E-state index is -0.887. The number of nitrogens with two attached hydrogens (primary N) is 1. The van der Waals surface area contributed by atoms with E-state index in [9.17, 15) is 4.79 Å². The first-order valence-electron chi connectivity index (χ1n) is 9.21. The third kappa shape index (κ3) is 3.86. The number of unbranched alkanes of at least 4 members (excludes halogenated alkanes) is 1. The Morgan fingerprint density at radius 1 is 1.36 bits per heavy atom. The zero-order chi connectivity index (χ0) is 18.7. The Balaban J connectivity index is 2.20. The molecule has 0 radical (unpaired) electrons. The van der Waals surface area contributed by atoms with Gasteiger partial charge < -0.3 is 15.4 Å². The van der Waals surface area contributed by atoms with E-state index in [0.29, 0.717) is 31.1 Å². The molecule has 2 N–H and O–H groups in total. The zero-order valence-electron chi connectivity index (χ0n) is 15.8. The Hall–Kier alpha value is -1.10. The molecule has 140 valence electrons. The molecule has 5 heteroatoms. The summed E-state index contributed by atoms with van der Waals surface area (Å²) in [7, 11) is 0. The Bertz CT molecular complexity index is 605. The standard InChI is InChI=1S/C20H31ClN2O2/c1-5-7-12-23(14-15-10-8-9-11-16(15)21)18(24)20(22)13-17(25-6-2)19(20,3)4/h8-11,17H,5-7,12-14,22H2,1-4H3. The Kier molecular flexibility index (Phi) is 6.52. The largest absolute Gasteiger partial charge is 0.378 e. The fraction of sp³-hybridized carbons (Fsp3) is 0.650. The van der Waals surface area contributed by atoms with Crippen LogP contribution in [-0.2, 0) is 16.1 Å². The van der Waals surface area contributed by atoms with Crippen LogP contribution in [0.4, 0.5) is 0 Å². The predicted octanol–water partition coefficient (Wildman–Crippen LogP) is 4.00. The van der Waals surface area contributed by atoms with Crippen molar-refractivity contribution in [3.63, 3.8) is 0 Å². The molecule has 0 spiro atoms. The van der Waals surface area contributed by atoms with Gasteiger partial charge in [-0.3, -0.25) is 4.79 Å². The summed E-state index contributed by atoms with van der Waals surface area (Å²) in [5.74, 6) is 0.00169. The maximum atomic E-state index is 13.3. The van der Waals surface area contributed by atoms with Gasteiger partial charge in [0.15, 0.2) is 0 Å². The highest BCUT2D eigenvalue weighted by Gasteiger charge is 2.63. The summed E-state index contributed by atoms with van der Waals surface area (Å²) >= 11 is 6.30. The summed E-state index contributed by atoms with van der Waals surface area (Å²) in [4.78, 5) is 15.2. The number of amides is 1. The van der Waals surface area contributed by atoms with Crippen LogP contribution in [0.1, 0.15) is 52.5 Å². The van der Waals surface area contributed by atoms with Gasteiger partial charge in [0, 0.05) is 36.6 Å². The molecule has 1 amide bonds. The van der Waals surface area contributed by atoms with Crippen LogP contribution in [-0.4, -0.2) is 35.6 Å². The summed E-state index contributed by atoms with van der Waals surface area (Å²) in [6.45, 7) is 9.97. The molecule has 1 aliphatic rings. The van der Waals surface area contributed by atoms with E-state index in [1.165, 1.54) is 0 Å². The van der Waals surface area contributed by atoms with Crippen molar-refractivity contribution in [2.75, 3.05) is 13.2 Å². The summed E-state index contributed by atoms with van der Waals surface area (Å²) in [6.07, 6.45) is 2.56. The van der Waals surface area contributed by atoms with E-state index in [4.69, 9.17) is 22.1 Å². The molecular formula is C20H31ClN2O2. The lowest BCUT2D eigenvalue weighted by Gasteiger charge is -2.58. The number of ether oxygens (including phenoxy) is 1. The van der Waals surface area contributed by atoms with Crippen molar-refractivity contribution in [2.24, 2.45) is 11.1 Å². The van der Waals surface area contributed by atoms with Gasteiger partial charge in [-0.15, -0.1) is 0 Å². The van der Waals surface area contributed by atoms with Gasteiger partial charge in [-0.1, -0.05) is 57.0 Å². The third-order valence-electron chi connectivity index (χ3n) is 5.60. The quantitative estimate of drug-likeness (QED) is 0.756. The molecule has 0 heterocycles. The molecular weight excluding hydrogens is 336 g/mol. The third-order valence-corrected chi connectivity index (χ3v) is 5.97. The predicted molar refractivity (Wildman–Crippen MR) is 103 cm³/mol. The van der Waals surface area contributed by atoms with E-state index in [1.807, 2.05) is 49.9 Å².